The highest BCUT2D eigenvalue weighted by Crippen LogP contribution is 2.41. The Bertz CT molecular complexity index is 653. The lowest BCUT2D eigenvalue weighted by Crippen LogP contribution is -2.18. The number of nitrogens with zero attached hydrogens (tertiary/aromatic N) is 1. The first kappa shape index (κ1) is 15.9. The second kappa shape index (κ2) is 7.08. The Morgan fingerprint density at radius 2 is 1.83 bits per heavy atom. The Balaban J connectivity index is 0.000000201. The SMILES string of the molecule is C1CC2CC2O1.Fc1ccc(-c2cccn2C2CCCCO2)cc1. The maximum Gasteiger partial charge on any atom is 0.133 e. The highest BCUT2D eigenvalue weighted by molar-refractivity contribution is 5.60. The van der Waals surface area contributed by atoms with Crippen molar-refractivity contribution >= 4 is 0 Å². The maximum absolute atomic E-state index is 13.0. The predicted molar refractivity (Wildman–Crippen MR) is 91.1 cm³/mol. The third-order valence-corrected chi connectivity index (χ3v) is 5.06. The predicted octanol–water partition coefficient (Wildman–Crippen LogP) is 4.79. The molecule has 3 aliphatic rings. The summed E-state index contributed by atoms with van der Waals surface area (Å²) in [5, 5.41) is 0. The molecule has 1 aromatic carbocycles. The lowest BCUT2D eigenvalue weighted by molar-refractivity contribution is -0.0307. The Kier molecular flexibility index (Phi) is 4.67. The number of aromatic nitrogens is 1. The summed E-state index contributed by atoms with van der Waals surface area (Å²) in [7, 11) is 0. The molecule has 3 nitrogen and oxygen atoms in total. The second-order valence-electron chi connectivity index (χ2n) is 6.82. The van der Waals surface area contributed by atoms with Gasteiger partial charge < -0.3 is 14.0 Å². The molecule has 0 N–H and O–H groups in total. The second-order valence-corrected chi connectivity index (χ2v) is 6.82. The summed E-state index contributed by atoms with van der Waals surface area (Å²) in [5.41, 5.74) is 2.11. The van der Waals surface area contributed by atoms with E-state index in [9.17, 15) is 4.39 Å². The number of benzene rings is 1. The molecule has 3 unspecified atom stereocenters. The van der Waals surface area contributed by atoms with E-state index in [1.807, 2.05) is 30.5 Å². The summed E-state index contributed by atoms with van der Waals surface area (Å²) in [6.07, 6.45) is 8.95. The lowest BCUT2D eigenvalue weighted by atomic mass is 10.1. The summed E-state index contributed by atoms with van der Waals surface area (Å²) in [6.45, 7) is 1.86. The van der Waals surface area contributed by atoms with Crippen LogP contribution in [0.25, 0.3) is 11.3 Å². The van der Waals surface area contributed by atoms with Crippen LogP contribution < -0.4 is 0 Å². The van der Waals surface area contributed by atoms with Crippen LogP contribution in [0.3, 0.4) is 0 Å². The van der Waals surface area contributed by atoms with Crippen LogP contribution in [0.15, 0.2) is 42.6 Å². The third kappa shape index (κ3) is 3.55. The van der Waals surface area contributed by atoms with E-state index in [1.54, 1.807) is 0 Å². The van der Waals surface area contributed by atoms with Gasteiger partial charge in [-0.3, -0.25) is 0 Å². The number of hydrogen-bond acceptors (Lipinski definition) is 2. The van der Waals surface area contributed by atoms with E-state index in [2.05, 4.69) is 4.57 Å². The molecule has 1 aliphatic carbocycles. The Labute approximate surface area is 142 Å². The third-order valence-electron chi connectivity index (χ3n) is 5.06. The van der Waals surface area contributed by atoms with Gasteiger partial charge in [0, 0.05) is 19.4 Å². The molecule has 2 aliphatic heterocycles. The zero-order chi connectivity index (χ0) is 16.4. The van der Waals surface area contributed by atoms with Crippen molar-refractivity contribution in [3.63, 3.8) is 0 Å². The van der Waals surface area contributed by atoms with Crippen molar-refractivity contribution in [1.82, 2.24) is 4.57 Å². The van der Waals surface area contributed by atoms with E-state index in [1.165, 1.54) is 31.4 Å². The summed E-state index contributed by atoms with van der Waals surface area (Å²) in [5.74, 6) is 0.788. The van der Waals surface area contributed by atoms with Crippen molar-refractivity contribution in [1.29, 1.82) is 0 Å². The average Bonchev–Trinajstić information content (AvgIpc) is 3.03. The average molecular weight is 329 g/mol. The minimum atomic E-state index is -0.203. The molecule has 128 valence electrons. The van der Waals surface area contributed by atoms with Gasteiger partial charge in [-0.1, -0.05) is 0 Å². The summed E-state index contributed by atoms with van der Waals surface area (Å²) in [6, 6.07) is 10.7. The minimum Gasteiger partial charge on any atom is -0.378 e. The molecule has 0 spiro atoms. The molecule has 24 heavy (non-hydrogen) atoms. The van der Waals surface area contributed by atoms with E-state index >= 15 is 0 Å². The quantitative estimate of drug-likeness (QED) is 0.791. The fourth-order valence-corrected chi connectivity index (χ4v) is 3.55. The van der Waals surface area contributed by atoms with E-state index < -0.39 is 0 Å². The van der Waals surface area contributed by atoms with Gasteiger partial charge in [-0.25, -0.2) is 4.39 Å². The molecule has 4 heteroatoms. The van der Waals surface area contributed by atoms with Crippen LogP contribution in [0.1, 0.15) is 38.3 Å². The summed E-state index contributed by atoms with van der Waals surface area (Å²) < 4.78 is 26.1. The molecule has 0 bridgehead atoms. The number of halogens is 1. The highest BCUT2D eigenvalue weighted by atomic mass is 19.1. The van der Waals surface area contributed by atoms with Crippen LogP contribution in [0.2, 0.25) is 0 Å². The van der Waals surface area contributed by atoms with Gasteiger partial charge in [0.2, 0.25) is 0 Å². The fourth-order valence-electron chi connectivity index (χ4n) is 3.55. The molecular weight excluding hydrogens is 305 g/mol. The molecule has 1 saturated carbocycles. The standard InChI is InChI=1S/C15H16FNO.C5H8O/c16-13-8-6-12(7-9-13)14-4-3-10-17(14)15-5-1-2-11-18-15;1-2-6-5-3-4(1)5/h3-4,6-10,15H,1-2,5,11H2;4-5H,1-3H2. The van der Waals surface area contributed by atoms with Gasteiger partial charge in [0.05, 0.1) is 11.8 Å². The van der Waals surface area contributed by atoms with Gasteiger partial charge in [-0.2, -0.15) is 0 Å². The van der Waals surface area contributed by atoms with Gasteiger partial charge >= 0.3 is 0 Å². The number of ether oxygens (including phenoxy) is 2. The molecule has 3 atom stereocenters. The zero-order valence-corrected chi connectivity index (χ0v) is 13.9. The molecular formula is C20H24FNO2. The van der Waals surface area contributed by atoms with Gasteiger partial charge in [0.15, 0.2) is 0 Å². The Morgan fingerprint density at radius 1 is 0.958 bits per heavy atom. The van der Waals surface area contributed by atoms with Gasteiger partial charge in [-0.15, -0.1) is 0 Å². The van der Waals surface area contributed by atoms with Gasteiger partial charge in [0.1, 0.15) is 12.0 Å². The lowest BCUT2D eigenvalue weighted by Gasteiger charge is -2.26. The first-order chi connectivity index (χ1) is 11.8. The van der Waals surface area contributed by atoms with Crippen LogP contribution in [0.5, 0.6) is 0 Å². The van der Waals surface area contributed by atoms with Crippen LogP contribution in [0.4, 0.5) is 4.39 Å². The van der Waals surface area contributed by atoms with E-state index in [0.717, 1.165) is 43.2 Å². The highest BCUT2D eigenvalue weighted by Gasteiger charge is 2.42. The Morgan fingerprint density at radius 3 is 2.42 bits per heavy atom. The monoisotopic (exact) mass is 329 g/mol. The molecule has 3 heterocycles. The maximum atomic E-state index is 13.0. The molecule has 5 rings (SSSR count). The topological polar surface area (TPSA) is 23.4 Å². The molecule has 0 amide bonds. The molecule has 3 fully saturated rings. The molecule has 1 aromatic heterocycles. The smallest absolute Gasteiger partial charge is 0.133 e. The minimum absolute atomic E-state index is 0.119. The van der Waals surface area contributed by atoms with E-state index in [4.69, 9.17) is 9.47 Å². The molecule has 2 aromatic rings. The van der Waals surface area contributed by atoms with Crippen LogP contribution in [-0.4, -0.2) is 23.9 Å². The van der Waals surface area contributed by atoms with Gasteiger partial charge in [0.25, 0.3) is 0 Å². The zero-order valence-electron chi connectivity index (χ0n) is 13.9. The first-order valence-electron chi connectivity index (χ1n) is 8.97. The fraction of sp³-hybridized carbons (Fsp3) is 0.500. The van der Waals surface area contributed by atoms with Crippen molar-refractivity contribution in [2.24, 2.45) is 5.92 Å². The first-order valence-corrected chi connectivity index (χ1v) is 8.97. The van der Waals surface area contributed by atoms with Crippen molar-refractivity contribution in [3.8, 4) is 11.3 Å². The van der Waals surface area contributed by atoms with Crippen LogP contribution in [0, 0.1) is 11.7 Å². The Hall–Kier alpha value is -1.65. The summed E-state index contributed by atoms with van der Waals surface area (Å²) in [4.78, 5) is 0. The van der Waals surface area contributed by atoms with Crippen molar-refractivity contribution in [2.45, 2.75) is 44.4 Å². The van der Waals surface area contributed by atoms with Crippen molar-refractivity contribution in [3.05, 3.63) is 48.4 Å². The summed E-state index contributed by atoms with van der Waals surface area (Å²) >= 11 is 0. The largest absolute Gasteiger partial charge is 0.378 e. The molecule has 0 radical (unpaired) electrons. The van der Waals surface area contributed by atoms with E-state index in [0.29, 0.717) is 6.10 Å². The van der Waals surface area contributed by atoms with Crippen molar-refractivity contribution < 1.29 is 13.9 Å². The van der Waals surface area contributed by atoms with Crippen LogP contribution in [-0.2, 0) is 9.47 Å². The number of rotatable bonds is 2. The van der Waals surface area contributed by atoms with Crippen molar-refractivity contribution in [2.75, 3.05) is 13.2 Å². The number of fused-ring (bicyclic) bond motifs is 1. The normalized spacial score (nSPS) is 28.0. The van der Waals surface area contributed by atoms with Crippen LogP contribution >= 0.6 is 0 Å². The van der Waals surface area contributed by atoms with Gasteiger partial charge in [-0.05, 0) is 80.0 Å². The molecule has 2 saturated heterocycles. The number of hydrogen-bond donors (Lipinski definition) is 0. The van der Waals surface area contributed by atoms with E-state index in [-0.39, 0.29) is 12.0 Å².